The Morgan fingerprint density at radius 3 is 2.20 bits per heavy atom. The normalized spacial score (nSPS) is 11.4. The van der Waals surface area contributed by atoms with Crippen LogP contribution in [0.5, 0.6) is 0 Å². The molecule has 15 heavy (non-hydrogen) atoms. The third-order valence-electron chi connectivity index (χ3n) is 2.11. The molecular weight excluding hydrogens is 188 g/mol. The predicted octanol–water partition coefficient (Wildman–Crippen LogP) is 1.85. The molecule has 1 N–H and O–H groups in total. The Balaban J connectivity index is 2.80. The lowest BCUT2D eigenvalue weighted by atomic mass is 10.1. The van der Waals surface area contributed by atoms with E-state index in [4.69, 9.17) is 0 Å². The molecule has 0 aliphatic heterocycles. The molecule has 1 aromatic rings. The molecule has 0 aliphatic rings. The zero-order valence-electron chi connectivity index (χ0n) is 10.4. The Morgan fingerprint density at radius 2 is 1.73 bits per heavy atom. The van der Waals surface area contributed by atoms with Crippen LogP contribution >= 0.6 is 0 Å². The molecule has 0 radical (unpaired) electrons. The average Bonchev–Trinajstić information content (AvgIpc) is 2.45. The van der Waals surface area contributed by atoms with Crippen molar-refractivity contribution in [3.63, 3.8) is 0 Å². The lowest BCUT2D eigenvalue weighted by Crippen LogP contribution is -2.16. The number of aromatic nitrogens is 3. The van der Waals surface area contributed by atoms with Crippen LogP contribution in [-0.4, -0.2) is 21.9 Å². The van der Waals surface area contributed by atoms with Crippen LogP contribution < -0.4 is 5.43 Å². The molecule has 0 fully saturated rings. The molecule has 0 spiro atoms. The molecule has 0 atom stereocenters. The summed E-state index contributed by atoms with van der Waals surface area (Å²) in [4.78, 5) is 6.34. The van der Waals surface area contributed by atoms with Crippen molar-refractivity contribution >= 4 is 0 Å². The van der Waals surface area contributed by atoms with Gasteiger partial charge in [-0.15, -0.1) is 5.10 Å². The minimum absolute atomic E-state index is 0.601. The Bertz CT molecular complexity index is 302. The third-order valence-corrected chi connectivity index (χ3v) is 2.11. The summed E-state index contributed by atoms with van der Waals surface area (Å²) in [6, 6.07) is 0. The van der Waals surface area contributed by atoms with E-state index >= 15 is 0 Å². The molecule has 1 aromatic heterocycles. The third kappa shape index (κ3) is 3.53. The molecule has 0 amide bonds. The molecule has 0 aliphatic carbocycles. The lowest BCUT2D eigenvalue weighted by molar-refractivity contribution is 0.588. The fourth-order valence-electron chi connectivity index (χ4n) is 1.52. The summed E-state index contributed by atoms with van der Waals surface area (Å²) in [5.74, 6) is 3.18. The first-order valence-corrected chi connectivity index (χ1v) is 5.65. The molecule has 86 valence electrons. The van der Waals surface area contributed by atoms with Gasteiger partial charge in [0.25, 0.3) is 0 Å². The quantitative estimate of drug-likeness (QED) is 0.806. The number of hydrogen-bond donors (Lipinski definition) is 1. The minimum Gasteiger partial charge on any atom is -0.311 e. The van der Waals surface area contributed by atoms with Crippen molar-refractivity contribution in [2.24, 2.45) is 11.8 Å². The SMILES string of the molecule is CNn1nc(CC(C)C)nc1CC(C)C. The molecule has 0 saturated heterocycles. The number of nitrogens with one attached hydrogen (secondary N) is 1. The molecule has 0 saturated carbocycles. The van der Waals surface area contributed by atoms with Gasteiger partial charge in [0.1, 0.15) is 0 Å². The smallest absolute Gasteiger partial charge is 0.153 e. The molecule has 0 bridgehead atoms. The van der Waals surface area contributed by atoms with E-state index in [1.54, 1.807) is 4.79 Å². The first-order chi connectivity index (χ1) is 7.02. The second-order valence-corrected chi connectivity index (χ2v) is 4.78. The van der Waals surface area contributed by atoms with Crippen molar-refractivity contribution in [1.82, 2.24) is 14.9 Å². The highest BCUT2D eigenvalue weighted by atomic mass is 15.6. The van der Waals surface area contributed by atoms with E-state index in [0.717, 1.165) is 24.5 Å². The first kappa shape index (κ1) is 12.0. The summed E-state index contributed by atoms with van der Waals surface area (Å²) in [5.41, 5.74) is 3.04. The molecule has 1 rings (SSSR count). The van der Waals surface area contributed by atoms with Gasteiger partial charge < -0.3 is 5.43 Å². The van der Waals surface area contributed by atoms with Crippen LogP contribution in [-0.2, 0) is 12.8 Å². The van der Waals surface area contributed by atoms with Gasteiger partial charge in [-0.1, -0.05) is 27.7 Å². The van der Waals surface area contributed by atoms with E-state index in [1.807, 2.05) is 7.05 Å². The summed E-state index contributed by atoms with van der Waals surface area (Å²) in [6.45, 7) is 8.75. The molecule has 0 aromatic carbocycles. The standard InChI is InChI=1S/C11H22N4/c1-8(2)6-10-13-11(7-9(3)4)15(12-5)14-10/h8-9,12H,6-7H2,1-5H3. The van der Waals surface area contributed by atoms with E-state index in [1.165, 1.54) is 0 Å². The fraction of sp³-hybridized carbons (Fsp3) is 0.818. The zero-order chi connectivity index (χ0) is 11.4. The van der Waals surface area contributed by atoms with Gasteiger partial charge in [-0.05, 0) is 11.8 Å². The summed E-state index contributed by atoms with van der Waals surface area (Å²) < 4.78 is 0. The van der Waals surface area contributed by atoms with E-state index in [9.17, 15) is 0 Å². The molecule has 4 nitrogen and oxygen atoms in total. The van der Waals surface area contributed by atoms with Crippen molar-refractivity contribution in [2.45, 2.75) is 40.5 Å². The van der Waals surface area contributed by atoms with Gasteiger partial charge >= 0.3 is 0 Å². The number of rotatable bonds is 5. The van der Waals surface area contributed by atoms with Crippen molar-refractivity contribution in [3.8, 4) is 0 Å². The second kappa shape index (κ2) is 5.14. The molecular formula is C11H22N4. The van der Waals surface area contributed by atoms with Crippen LogP contribution in [0.1, 0.15) is 39.3 Å². The van der Waals surface area contributed by atoms with E-state index in [2.05, 4.69) is 43.2 Å². The summed E-state index contributed by atoms with van der Waals surface area (Å²) in [5, 5.41) is 4.42. The Labute approximate surface area is 92.1 Å². The number of nitrogens with zero attached hydrogens (tertiary/aromatic N) is 3. The first-order valence-electron chi connectivity index (χ1n) is 5.65. The predicted molar refractivity (Wildman–Crippen MR) is 62.4 cm³/mol. The van der Waals surface area contributed by atoms with Gasteiger partial charge in [0.05, 0.1) is 0 Å². The summed E-state index contributed by atoms with van der Waals surface area (Å²) >= 11 is 0. The van der Waals surface area contributed by atoms with Crippen LogP contribution in [0.2, 0.25) is 0 Å². The van der Waals surface area contributed by atoms with E-state index < -0.39 is 0 Å². The van der Waals surface area contributed by atoms with Gasteiger partial charge in [0.15, 0.2) is 11.6 Å². The Hall–Kier alpha value is -1.06. The van der Waals surface area contributed by atoms with Crippen molar-refractivity contribution in [2.75, 3.05) is 12.5 Å². The minimum atomic E-state index is 0.601. The average molecular weight is 210 g/mol. The van der Waals surface area contributed by atoms with Gasteiger partial charge in [-0.25, -0.2) is 4.98 Å². The highest BCUT2D eigenvalue weighted by Crippen LogP contribution is 2.08. The topological polar surface area (TPSA) is 42.7 Å². The van der Waals surface area contributed by atoms with Gasteiger partial charge in [0, 0.05) is 19.9 Å². The lowest BCUT2D eigenvalue weighted by Gasteiger charge is -2.05. The Kier molecular flexibility index (Phi) is 4.12. The van der Waals surface area contributed by atoms with E-state index in [0.29, 0.717) is 11.8 Å². The van der Waals surface area contributed by atoms with Gasteiger partial charge in [-0.3, -0.25) is 0 Å². The van der Waals surface area contributed by atoms with Crippen molar-refractivity contribution in [3.05, 3.63) is 11.6 Å². The monoisotopic (exact) mass is 210 g/mol. The van der Waals surface area contributed by atoms with E-state index in [-0.39, 0.29) is 0 Å². The summed E-state index contributed by atoms with van der Waals surface area (Å²) in [6.07, 6.45) is 1.91. The maximum absolute atomic E-state index is 4.55. The van der Waals surface area contributed by atoms with Crippen LogP contribution in [0.15, 0.2) is 0 Å². The molecule has 0 unspecified atom stereocenters. The second-order valence-electron chi connectivity index (χ2n) is 4.78. The zero-order valence-corrected chi connectivity index (χ0v) is 10.4. The van der Waals surface area contributed by atoms with Crippen LogP contribution in [0, 0.1) is 11.8 Å². The molecule has 4 heteroatoms. The fourth-order valence-corrected chi connectivity index (χ4v) is 1.52. The maximum Gasteiger partial charge on any atom is 0.153 e. The maximum atomic E-state index is 4.55. The molecule has 1 heterocycles. The Morgan fingerprint density at radius 1 is 1.13 bits per heavy atom. The number of hydrogen-bond acceptors (Lipinski definition) is 3. The van der Waals surface area contributed by atoms with Crippen LogP contribution in [0.4, 0.5) is 0 Å². The van der Waals surface area contributed by atoms with Crippen molar-refractivity contribution in [1.29, 1.82) is 0 Å². The van der Waals surface area contributed by atoms with Gasteiger partial charge in [-0.2, -0.15) is 4.79 Å². The van der Waals surface area contributed by atoms with Crippen molar-refractivity contribution < 1.29 is 0 Å². The largest absolute Gasteiger partial charge is 0.311 e. The van der Waals surface area contributed by atoms with Crippen LogP contribution in [0.25, 0.3) is 0 Å². The van der Waals surface area contributed by atoms with Crippen LogP contribution in [0.3, 0.4) is 0 Å². The summed E-state index contributed by atoms with van der Waals surface area (Å²) in [7, 11) is 1.87. The highest BCUT2D eigenvalue weighted by Gasteiger charge is 2.11. The van der Waals surface area contributed by atoms with Gasteiger partial charge in [0.2, 0.25) is 0 Å². The highest BCUT2D eigenvalue weighted by molar-refractivity contribution is 4.96.